The molecule has 1 N–H and O–H groups in total. The molecular formula is C17H18N2O. The molecule has 0 aliphatic rings. The molecule has 1 unspecified atom stereocenters. The van der Waals surface area contributed by atoms with Crippen molar-refractivity contribution in [2.24, 2.45) is 0 Å². The lowest BCUT2D eigenvalue weighted by Gasteiger charge is -2.19. The molecule has 2 aromatic carbocycles. The monoisotopic (exact) mass is 266 g/mol. The van der Waals surface area contributed by atoms with E-state index in [1.807, 2.05) is 36.4 Å². The first kappa shape index (κ1) is 14.0. The summed E-state index contributed by atoms with van der Waals surface area (Å²) in [5.74, 6) is 0.713. The van der Waals surface area contributed by atoms with E-state index in [0.29, 0.717) is 11.8 Å². The minimum Gasteiger partial charge on any atom is -0.479 e. The highest BCUT2D eigenvalue weighted by Crippen LogP contribution is 2.23. The maximum Gasteiger partial charge on any atom is 0.174 e. The van der Waals surface area contributed by atoms with Crippen LogP contribution in [0.3, 0.4) is 0 Å². The number of nitriles is 1. The van der Waals surface area contributed by atoms with Crippen LogP contribution in [0.15, 0.2) is 54.6 Å². The Bertz CT molecular complexity index is 558. The van der Waals surface area contributed by atoms with E-state index < -0.39 is 0 Å². The van der Waals surface area contributed by atoms with E-state index in [4.69, 9.17) is 10.00 Å². The number of hydrogen-bond acceptors (Lipinski definition) is 3. The highest BCUT2D eigenvalue weighted by molar-refractivity contribution is 5.48. The zero-order valence-corrected chi connectivity index (χ0v) is 11.5. The molecule has 0 bridgehead atoms. The number of benzene rings is 2. The third kappa shape index (κ3) is 3.76. The standard InChI is InChI=1S/C17H18N2O/c1-2-17(14-6-4-3-5-7-14)19-15-8-10-16(11-9-15)20-13-12-18/h3-11,17,19H,2,13H2,1H3. The van der Waals surface area contributed by atoms with Gasteiger partial charge in [0.2, 0.25) is 0 Å². The second kappa shape index (κ2) is 7.20. The number of ether oxygens (including phenoxy) is 1. The highest BCUT2D eigenvalue weighted by Gasteiger charge is 2.08. The van der Waals surface area contributed by atoms with Crippen LogP contribution >= 0.6 is 0 Å². The predicted molar refractivity (Wildman–Crippen MR) is 80.6 cm³/mol. The van der Waals surface area contributed by atoms with Gasteiger partial charge in [0.1, 0.15) is 11.8 Å². The summed E-state index contributed by atoms with van der Waals surface area (Å²) in [6.45, 7) is 2.24. The van der Waals surface area contributed by atoms with Crippen LogP contribution < -0.4 is 10.1 Å². The zero-order valence-electron chi connectivity index (χ0n) is 11.5. The van der Waals surface area contributed by atoms with Crippen LogP contribution in [0.4, 0.5) is 5.69 Å². The molecule has 0 aliphatic carbocycles. The fraction of sp³-hybridized carbons (Fsp3) is 0.235. The van der Waals surface area contributed by atoms with Crippen molar-refractivity contribution in [1.29, 1.82) is 5.26 Å². The summed E-state index contributed by atoms with van der Waals surface area (Å²) in [4.78, 5) is 0. The lowest BCUT2D eigenvalue weighted by molar-refractivity contribution is 0.368. The van der Waals surface area contributed by atoms with Gasteiger partial charge in [-0.2, -0.15) is 5.26 Å². The fourth-order valence-electron chi connectivity index (χ4n) is 2.07. The number of hydrogen-bond donors (Lipinski definition) is 1. The number of nitrogens with zero attached hydrogens (tertiary/aromatic N) is 1. The van der Waals surface area contributed by atoms with Crippen LogP contribution in [0.5, 0.6) is 5.75 Å². The Morgan fingerprint density at radius 2 is 1.80 bits per heavy atom. The second-order valence-electron chi connectivity index (χ2n) is 4.49. The average molecular weight is 266 g/mol. The Morgan fingerprint density at radius 3 is 2.40 bits per heavy atom. The van der Waals surface area contributed by atoms with Crippen molar-refractivity contribution in [1.82, 2.24) is 0 Å². The van der Waals surface area contributed by atoms with Crippen LogP contribution in [-0.4, -0.2) is 6.61 Å². The van der Waals surface area contributed by atoms with Crippen LogP contribution in [0, 0.1) is 11.3 Å². The molecule has 1 atom stereocenters. The van der Waals surface area contributed by atoms with Crippen molar-refractivity contribution in [2.45, 2.75) is 19.4 Å². The molecule has 2 aromatic rings. The molecule has 0 saturated heterocycles. The van der Waals surface area contributed by atoms with E-state index in [-0.39, 0.29) is 6.61 Å². The molecule has 3 nitrogen and oxygen atoms in total. The zero-order chi connectivity index (χ0) is 14.2. The van der Waals surface area contributed by atoms with Crippen molar-refractivity contribution in [3.8, 4) is 11.8 Å². The molecule has 0 aromatic heterocycles. The van der Waals surface area contributed by atoms with Gasteiger partial charge in [-0.15, -0.1) is 0 Å². The van der Waals surface area contributed by atoms with Gasteiger partial charge in [-0.3, -0.25) is 0 Å². The molecule has 0 saturated carbocycles. The van der Waals surface area contributed by atoms with E-state index >= 15 is 0 Å². The van der Waals surface area contributed by atoms with Crippen LogP contribution in [0.1, 0.15) is 24.9 Å². The molecule has 0 spiro atoms. The molecule has 0 heterocycles. The van der Waals surface area contributed by atoms with Crippen molar-refractivity contribution in [3.63, 3.8) is 0 Å². The Labute approximate surface area is 119 Å². The minimum atomic E-state index is 0.0778. The van der Waals surface area contributed by atoms with E-state index in [9.17, 15) is 0 Å². The van der Waals surface area contributed by atoms with E-state index in [1.165, 1.54) is 5.56 Å². The van der Waals surface area contributed by atoms with E-state index in [0.717, 1.165) is 12.1 Å². The summed E-state index contributed by atoms with van der Waals surface area (Å²) in [5, 5.41) is 12.0. The van der Waals surface area contributed by atoms with Gasteiger partial charge in [0, 0.05) is 5.69 Å². The Hall–Kier alpha value is -2.47. The molecule has 0 radical (unpaired) electrons. The summed E-state index contributed by atoms with van der Waals surface area (Å²) < 4.78 is 5.24. The third-order valence-corrected chi connectivity index (χ3v) is 3.11. The van der Waals surface area contributed by atoms with Gasteiger partial charge in [0.25, 0.3) is 0 Å². The maximum absolute atomic E-state index is 8.47. The van der Waals surface area contributed by atoms with Crippen molar-refractivity contribution >= 4 is 5.69 Å². The van der Waals surface area contributed by atoms with Gasteiger partial charge < -0.3 is 10.1 Å². The van der Waals surface area contributed by atoms with Crippen molar-refractivity contribution in [2.75, 3.05) is 11.9 Å². The largest absolute Gasteiger partial charge is 0.479 e. The summed E-state index contributed by atoms with van der Waals surface area (Å²) in [6, 6.07) is 20.3. The van der Waals surface area contributed by atoms with Crippen molar-refractivity contribution in [3.05, 3.63) is 60.2 Å². The van der Waals surface area contributed by atoms with E-state index in [2.05, 4.69) is 36.5 Å². The average Bonchev–Trinajstić information content (AvgIpc) is 2.52. The van der Waals surface area contributed by atoms with Gasteiger partial charge in [-0.1, -0.05) is 37.3 Å². The summed E-state index contributed by atoms with van der Waals surface area (Å²) in [7, 11) is 0. The Kier molecular flexibility index (Phi) is 5.02. The first-order chi connectivity index (χ1) is 9.83. The van der Waals surface area contributed by atoms with Gasteiger partial charge in [0.15, 0.2) is 6.61 Å². The smallest absolute Gasteiger partial charge is 0.174 e. The highest BCUT2D eigenvalue weighted by atomic mass is 16.5. The quantitative estimate of drug-likeness (QED) is 0.854. The number of nitrogens with one attached hydrogen (secondary N) is 1. The number of anilines is 1. The van der Waals surface area contributed by atoms with Crippen LogP contribution in [0.2, 0.25) is 0 Å². The minimum absolute atomic E-state index is 0.0778. The van der Waals surface area contributed by atoms with Gasteiger partial charge >= 0.3 is 0 Å². The maximum atomic E-state index is 8.47. The first-order valence-electron chi connectivity index (χ1n) is 6.74. The topological polar surface area (TPSA) is 45.0 Å². The number of rotatable bonds is 6. The molecule has 102 valence electrons. The predicted octanol–water partition coefficient (Wildman–Crippen LogP) is 4.15. The molecule has 0 amide bonds. The first-order valence-corrected chi connectivity index (χ1v) is 6.74. The summed E-state index contributed by atoms with van der Waals surface area (Å²) in [5.41, 5.74) is 2.32. The van der Waals surface area contributed by atoms with Crippen LogP contribution in [0.25, 0.3) is 0 Å². The lowest BCUT2D eigenvalue weighted by atomic mass is 10.0. The molecule has 2 rings (SSSR count). The molecule has 0 aliphatic heterocycles. The molecule has 3 heteroatoms. The Balaban J connectivity index is 2.03. The normalized spacial score (nSPS) is 11.4. The summed E-state index contributed by atoms with van der Waals surface area (Å²) >= 11 is 0. The Morgan fingerprint density at radius 1 is 1.10 bits per heavy atom. The van der Waals surface area contributed by atoms with Crippen LogP contribution in [-0.2, 0) is 0 Å². The third-order valence-electron chi connectivity index (χ3n) is 3.11. The lowest BCUT2D eigenvalue weighted by Crippen LogP contribution is -2.09. The molecule has 20 heavy (non-hydrogen) atoms. The van der Waals surface area contributed by atoms with Gasteiger partial charge in [-0.25, -0.2) is 0 Å². The van der Waals surface area contributed by atoms with Gasteiger partial charge in [-0.05, 0) is 36.2 Å². The molecular weight excluding hydrogens is 248 g/mol. The van der Waals surface area contributed by atoms with Crippen molar-refractivity contribution < 1.29 is 4.74 Å². The van der Waals surface area contributed by atoms with E-state index in [1.54, 1.807) is 0 Å². The SMILES string of the molecule is CCC(Nc1ccc(OCC#N)cc1)c1ccccc1. The fourth-order valence-corrected chi connectivity index (χ4v) is 2.07. The second-order valence-corrected chi connectivity index (χ2v) is 4.49. The molecule has 0 fully saturated rings. The van der Waals surface area contributed by atoms with Gasteiger partial charge in [0.05, 0.1) is 6.04 Å². The summed E-state index contributed by atoms with van der Waals surface area (Å²) in [6.07, 6.45) is 1.01.